The third kappa shape index (κ3) is 4.59. The second-order valence-corrected chi connectivity index (χ2v) is 3.85. The van der Waals surface area contributed by atoms with Gasteiger partial charge in [0, 0.05) is 11.2 Å². The van der Waals surface area contributed by atoms with Gasteiger partial charge in [-0.1, -0.05) is 11.6 Å². The Labute approximate surface area is 99.5 Å². The quantitative estimate of drug-likeness (QED) is 0.588. The fourth-order valence-corrected chi connectivity index (χ4v) is 1.17. The van der Waals surface area contributed by atoms with Crippen molar-refractivity contribution in [3.8, 4) is 0 Å². The van der Waals surface area contributed by atoms with Gasteiger partial charge in [-0.3, -0.25) is 0 Å². The molecular formula is C11H14ClNO3. The number of ether oxygens (including phenoxy) is 2. The van der Waals surface area contributed by atoms with Crippen LogP contribution in [0, 0.1) is 0 Å². The lowest BCUT2D eigenvalue weighted by Crippen LogP contribution is -2.14. The summed E-state index contributed by atoms with van der Waals surface area (Å²) >= 11 is 5.72. The highest BCUT2D eigenvalue weighted by molar-refractivity contribution is 6.30. The van der Waals surface area contributed by atoms with E-state index in [0.717, 1.165) is 0 Å². The average Bonchev–Trinajstić information content (AvgIpc) is 2.24. The predicted molar refractivity (Wildman–Crippen MR) is 60.6 cm³/mol. The van der Waals surface area contributed by atoms with E-state index in [4.69, 9.17) is 21.1 Å². The summed E-state index contributed by atoms with van der Waals surface area (Å²) in [5.74, 6) is -0.491. The highest BCUT2D eigenvalue weighted by atomic mass is 35.5. The maximum absolute atomic E-state index is 11.4. The van der Waals surface area contributed by atoms with Crippen molar-refractivity contribution in [1.29, 1.82) is 0 Å². The smallest absolute Gasteiger partial charge is 0.357 e. The molecule has 0 fully saturated rings. The van der Waals surface area contributed by atoms with E-state index in [2.05, 4.69) is 4.98 Å². The van der Waals surface area contributed by atoms with Crippen molar-refractivity contribution in [2.24, 2.45) is 0 Å². The molecule has 0 unspecified atom stereocenters. The number of pyridine rings is 1. The average molecular weight is 244 g/mol. The molecule has 0 radical (unpaired) electrons. The Hall–Kier alpha value is -1.13. The van der Waals surface area contributed by atoms with E-state index in [1.165, 1.54) is 12.3 Å². The number of esters is 1. The molecule has 0 atom stereocenters. The fraction of sp³-hybridized carbons (Fsp3) is 0.455. The zero-order valence-electron chi connectivity index (χ0n) is 9.27. The van der Waals surface area contributed by atoms with Gasteiger partial charge in [-0.25, -0.2) is 9.78 Å². The molecular weight excluding hydrogens is 230 g/mol. The molecule has 1 aromatic rings. The van der Waals surface area contributed by atoms with Gasteiger partial charge in [0.2, 0.25) is 0 Å². The summed E-state index contributed by atoms with van der Waals surface area (Å²) in [5, 5.41) is 0.459. The van der Waals surface area contributed by atoms with Gasteiger partial charge in [0.15, 0.2) is 0 Å². The first-order valence-electron chi connectivity index (χ1n) is 5.00. The lowest BCUT2D eigenvalue weighted by molar-refractivity contribution is 0.0172. The molecule has 1 rings (SSSR count). The second kappa shape index (κ2) is 6.45. The molecule has 0 aliphatic carbocycles. The molecule has 5 heteroatoms. The monoisotopic (exact) mass is 243 g/mol. The second-order valence-electron chi connectivity index (χ2n) is 3.41. The van der Waals surface area contributed by atoms with Crippen molar-refractivity contribution >= 4 is 17.6 Å². The fourth-order valence-electron chi connectivity index (χ4n) is 1.01. The van der Waals surface area contributed by atoms with E-state index >= 15 is 0 Å². The van der Waals surface area contributed by atoms with E-state index in [1.54, 1.807) is 6.07 Å². The van der Waals surface area contributed by atoms with E-state index in [0.29, 0.717) is 11.6 Å². The van der Waals surface area contributed by atoms with E-state index < -0.39 is 5.97 Å². The molecule has 88 valence electrons. The Kier molecular flexibility index (Phi) is 5.22. The molecule has 0 aliphatic rings. The van der Waals surface area contributed by atoms with Crippen LogP contribution in [-0.2, 0) is 9.47 Å². The first-order chi connectivity index (χ1) is 7.59. The minimum atomic E-state index is -0.491. The Bertz CT molecular complexity index is 355. The van der Waals surface area contributed by atoms with Gasteiger partial charge in [0.05, 0.1) is 12.7 Å². The first-order valence-corrected chi connectivity index (χ1v) is 5.37. The van der Waals surface area contributed by atoms with Crippen LogP contribution in [0.4, 0.5) is 0 Å². The molecule has 0 saturated heterocycles. The molecule has 0 spiro atoms. The molecule has 0 aliphatic heterocycles. The largest absolute Gasteiger partial charge is 0.459 e. The standard InChI is InChI=1S/C11H14ClNO3/c1-8(2)15-5-6-16-11(14)10-7-9(12)3-4-13-10/h3-4,7-8H,5-6H2,1-2H3. The van der Waals surface area contributed by atoms with Crippen LogP contribution in [0.15, 0.2) is 18.3 Å². The highest BCUT2D eigenvalue weighted by Gasteiger charge is 2.08. The normalized spacial score (nSPS) is 10.5. The van der Waals surface area contributed by atoms with Crippen LogP contribution in [0.1, 0.15) is 24.3 Å². The van der Waals surface area contributed by atoms with Gasteiger partial charge < -0.3 is 9.47 Å². The number of carbonyl (C=O) groups is 1. The number of hydrogen-bond donors (Lipinski definition) is 0. The number of hydrogen-bond acceptors (Lipinski definition) is 4. The number of nitrogens with zero attached hydrogens (tertiary/aromatic N) is 1. The molecule has 1 aromatic heterocycles. The van der Waals surface area contributed by atoms with Crippen molar-refractivity contribution < 1.29 is 14.3 Å². The van der Waals surface area contributed by atoms with Gasteiger partial charge in [0.1, 0.15) is 12.3 Å². The lowest BCUT2D eigenvalue weighted by Gasteiger charge is -2.07. The Morgan fingerprint density at radius 2 is 2.25 bits per heavy atom. The van der Waals surface area contributed by atoms with Crippen molar-refractivity contribution in [2.45, 2.75) is 20.0 Å². The highest BCUT2D eigenvalue weighted by Crippen LogP contribution is 2.08. The minimum absolute atomic E-state index is 0.128. The van der Waals surface area contributed by atoms with Crippen LogP contribution in [0.5, 0.6) is 0 Å². The van der Waals surface area contributed by atoms with Gasteiger partial charge in [0.25, 0.3) is 0 Å². The summed E-state index contributed by atoms with van der Waals surface area (Å²) in [6.07, 6.45) is 1.59. The first kappa shape index (κ1) is 12.9. The van der Waals surface area contributed by atoms with Gasteiger partial charge in [-0.15, -0.1) is 0 Å². The van der Waals surface area contributed by atoms with Gasteiger partial charge in [-0.05, 0) is 26.0 Å². The zero-order valence-corrected chi connectivity index (χ0v) is 10.0. The van der Waals surface area contributed by atoms with Crippen LogP contribution in [0.3, 0.4) is 0 Å². The zero-order chi connectivity index (χ0) is 12.0. The molecule has 0 N–H and O–H groups in total. The van der Waals surface area contributed by atoms with E-state index in [9.17, 15) is 4.79 Å². The SMILES string of the molecule is CC(C)OCCOC(=O)c1cc(Cl)ccn1. The van der Waals surface area contributed by atoms with Crippen LogP contribution in [0.25, 0.3) is 0 Å². The van der Waals surface area contributed by atoms with Crippen molar-refractivity contribution in [3.63, 3.8) is 0 Å². The summed E-state index contributed by atoms with van der Waals surface area (Å²) in [4.78, 5) is 15.3. The molecule has 0 amide bonds. The Balaban J connectivity index is 2.35. The molecule has 0 saturated carbocycles. The molecule has 1 heterocycles. The van der Waals surface area contributed by atoms with E-state index in [1.807, 2.05) is 13.8 Å². The maximum Gasteiger partial charge on any atom is 0.357 e. The summed E-state index contributed by atoms with van der Waals surface area (Å²) in [6.45, 7) is 4.43. The summed E-state index contributed by atoms with van der Waals surface area (Å²) in [5.41, 5.74) is 0.206. The van der Waals surface area contributed by atoms with Crippen LogP contribution in [-0.4, -0.2) is 30.3 Å². The topological polar surface area (TPSA) is 48.4 Å². The van der Waals surface area contributed by atoms with E-state index in [-0.39, 0.29) is 18.4 Å². The predicted octanol–water partition coefficient (Wildman–Crippen LogP) is 2.32. The summed E-state index contributed by atoms with van der Waals surface area (Å²) in [6, 6.07) is 3.06. The third-order valence-electron chi connectivity index (χ3n) is 1.70. The van der Waals surface area contributed by atoms with Crippen molar-refractivity contribution in [3.05, 3.63) is 29.0 Å². The van der Waals surface area contributed by atoms with Crippen LogP contribution >= 0.6 is 11.6 Å². The molecule has 16 heavy (non-hydrogen) atoms. The number of aromatic nitrogens is 1. The van der Waals surface area contributed by atoms with Gasteiger partial charge in [-0.2, -0.15) is 0 Å². The van der Waals surface area contributed by atoms with Crippen LogP contribution < -0.4 is 0 Å². The minimum Gasteiger partial charge on any atom is -0.459 e. The van der Waals surface area contributed by atoms with Crippen LogP contribution in [0.2, 0.25) is 5.02 Å². The molecule has 4 nitrogen and oxygen atoms in total. The summed E-state index contributed by atoms with van der Waals surface area (Å²) in [7, 11) is 0. The summed E-state index contributed by atoms with van der Waals surface area (Å²) < 4.78 is 10.2. The number of halogens is 1. The molecule has 0 aromatic carbocycles. The van der Waals surface area contributed by atoms with Gasteiger partial charge >= 0.3 is 5.97 Å². The van der Waals surface area contributed by atoms with Crippen molar-refractivity contribution in [2.75, 3.05) is 13.2 Å². The Morgan fingerprint density at radius 3 is 2.88 bits per heavy atom. The third-order valence-corrected chi connectivity index (χ3v) is 1.93. The molecule has 0 bridgehead atoms. The maximum atomic E-state index is 11.4. The Morgan fingerprint density at radius 1 is 1.50 bits per heavy atom. The lowest BCUT2D eigenvalue weighted by atomic mass is 10.3. The number of carbonyl (C=O) groups excluding carboxylic acids is 1. The number of rotatable bonds is 5. The van der Waals surface area contributed by atoms with Crippen molar-refractivity contribution in [1.82, 2.24) is 4.98 Å².